The van der Waals surface area contributed by atoms with E-state index in [1.165, 1.54) is 0 Å². The maximum atomic E-state index is 11.2. The number of hydrogen-bond acceptors (Lipinski definition) is 1. The molecule has 0 aliphatic rings. The van der Waals surface area contributed by atoms with Crippen LogP contribution in [0.25, 0.3) is 10.9 Å². The third-order valence-electron chi connectivity index (χ3n) is 2.86. The molecule has 0 radical (unpaired) electrons. The average Bonchev–Trinajstić information content (AvgIpc) is 2.63. The highest BCUT2D eigenvalue weighted by Gasteiger charge is 2.32. The lowest BCUT2D eigenvalue weighted by atomic mass is 9.84. The van der Waals surface area contributed by atoms with Crippen LogP contribution in [0.1, 0.15) is 19.4 Å². The summed E-state index contributed by atoms with van der Waals surface area (Å²) in [4.78, 5) is 14.3. The fraction of sp³-hybridized carbons (Fsp3) is 0.250. The van der Waals surface area contributed by atoms with Crippen LogP contribution in [0.3, 0.4) is 0 Å². The largest absolute Gasteiger partial charge is 0.481 e. The first-order chi connectivity index (χ1) is 7.44. The molecule has 16 heavy (non-hydrogen) atoms. The van der Waals surface area contributed by atoms with E-state index in [9.17, 15) is 9.90 Å². The summed E-state index contributed by atoms with van der Waals surface area (Å²) in [5.41, 5.74) is 0.612. The molecule has 2 N–H and O–H groups in total. The number of nitrogens with one attached hydrogen (secondary N) is 1. The van der Waals surface area contributed by atoms with Crippen molar-refractivity contribution in [2.24, 2.45) is 0 Å². The number of aliphatic carboxylic acids is 1. The van der Waals surface area contributed by atoms with Crippen molar-refractivity contribution >= 4 is 28.5 Å². The fourth-order valence-corrected chi connectivity index (χ4v) is 2.02. The summed E-state index contributed by atoms with van der Waals surface area (Å²) in [7, 11) is 0. The van der Waals surface area contributed by atoms with E-state index in [2.05, 4.69) is 4.98 Å². The first-order valence-electron chi connectivity index (χ1n) is 4.94. The molecule has 0 aliphatic heterocycles. The summed E-state index contributed by atoms with van der Waals surface area (Å²) >= 11 is 6.10. The zero-order valence-corrected chi connectivity index (χ0v) is 9.80. The predicted octanol–water partition coefficient (Wildman–Crippen LogP) is 3.18. The Morgan fingerprint density at radius 2 is 2.12 bits per heavy atom. The summed E-state index contributed by atoms with van der Waals surface area (Å²) < 4.78 is 0. The van der Waals surface area contributed by atoms with E-state index in [4.69, 9.17) is 11.6 Å². The van der Waals surface area contributed by atoms with Gasteiger partial charge in [0, 0.05) is 17.1 Å². The number of rotatable bonds is 2. The maximum absolute atomic E-state index is 11.2. The number of fused-ring (bicyclic) bond motifs is 1. The van der Waals surface area contributed by atoms with Gasteiger partial charge in [-0.15, -0.1) is 0 Å². The van der Waals surface area contributed by atoms with Gasteiger partial charge in [-0.1, -0.05) is 17.7 Å². The van der Waals surface area contributed by atoms with Crippen LogP contribution < -0.4 is 0 Å². The van der Waals surface area contributed by atoms with Crippen LogP contribution in [0.15, 0.2) is 24.4 Å². The zero-order chi connectivity index (χ0) is 11.9. The Bertz CT molecular complexity index is 557. The van der Waals surface area contributed by atoms with Crippen LogP contribution in [0.5, 0.6) is 0 Å². The van der Waals surface area contributed by atoms with Crippen LogP contribution in [0.2, 0.25) is 5.02 Å². The van der Waals surface area contributed by atoms with Crippen molar-refractivity contribution in [3.63, 3.8) is 0 Å². The summed E-state index contributed by atoms with van der Waals surface area (Å²) in [6.07, 6.45) is 1.71. The Morgan fingerprint density at radius 3 is 2.75 bits per heavy atom. The van der Waals surface area contributed by atoms with Crippen LogP contribution in [-0.4, -0.2) is 16.1 Å². The van der Waals surface area contributed by atoms with E-state index in [1.807, 2.05) is 12.1 Å². The summed E-state index contributed by atoms with van der Waals surface area (Å²) in [6, 6.07) is 5.47. The molecule has 0 bridgehead atoms. The molecule has 2 aromatic rings. The van der Waals surface area contributed by atoms with Crippen molar-refractivity contribution in [1.82, 2.24) is 4.98 Å². The lowest BCUT2D eigenvalue weighted by molar-refractivity contribution is -0.142. The normalized spacial score (nSPS) is 11.9. The average molecular weight is 238 g/mol. The predicted molar refractivity (Wildman–Crippen MR) is 64.0 cm³/mol. The lowest BCUT2D eigenvalue weighted by Gasteiger charge is -2.18. The number of hydrogen-bond donors (Lipinski definition) is 2. The molecule has 0 spiro atoms. The molecule has 84 valence electrons. The van der Waals surface area contributed by atoms with E-state index in [1.54, 1.807) is 26.1 Å². The second kappa shape index (κ2) is 3.52. The van der Waals surface area contributed by atoms with Gasteiger partial charge in [-0.25, -0.2) is 0 Å². The lowest BCUT2D eigenvalue weighted by Crippen LogP contribution is -2.28. The van der Waals surface area contributed by atoms with E-state index in [0.29, 0.717) is 10.6 Å². The third kappa shape index (κ3) is 1.48. The van der Waals surface area contributed by atoms with Crippen molar-refractivity contribution in [2.75, 3.05) is 0 Å². The standard InChI is InChI=1S/C12H12ClNO2/c1-12(2,11(15)16)7-6-14-9-5-3-4-8(13)10(7)9/h3-6,14H,1-2H3,(H,15,16). The molecular weight excluding hydrogens is 226 g/mol. The maximum Gasteiger partial charge on any atom is 0.313 e. The van der Waals surface area contributed by atoms with E-state index < -0.39 is 11.4 Å². The molecule has 0 fully saturated rings. The van der Waals surface area contributed by atoms with Gasteiger partial charge >= 0.3 is 5.97 Å². The van der Waals surface area contributed by atoms with Gasteiger partial charge in [0.15, 0.2) is 0 Å². The molecule has 0 unspecified atom stereocenters. The van der Waals surface area contributed by atoms with Crippen molar-refractivity contribution in [3.8, 4) is 0 Å². The molecule has 1 aromatic carbocycles. The second-order valence-electron chi connectivity index (χ2n) is 4.29. The molecule has 1 aromatic heterocycles. The molecular formula is C12H12ClNO2. The van der Waals surface area contributed by atoms with Crippen LogP contribution in [-0.2, 0) is 10.2 Å². The van der Waals surface area contributed by atoms with E-state index in [0.717, 1.165) is 10.9 Å². The topological polar surface area (TPSA) is 53.1 Å². The Kier molecular flexibility index (Phi) is 2.43. The second-order valence-corrected chi connectivity index (χ2v) is 4.70. The number of aromatic nitrogens is 1. The van der Waals surface area contributed by atoms with Gasteiger partial charge in [-0.05, 0) is 31.5 Å². The Hall–Kier alpha value is -1.48. The highest BCUT2D eigenvalue weighted by molar-refractivity contribution is 6.35. The van der Waals surface area contributed by atoms with Gasteiger partial charge in [0.05, 0.1) is 10.4 Å². The quantitative estimate of drug-likeness (QED) is 0.843. The number of aromatic amines is 1. The Labute approximate surface area is 98.0 Å². The minimum absolute atomic E-state index is 0.572. The monoisotopic (exact) mass is 237 g/mol. The highest BCUT2D eigenvalue weighted by Crippen LogP contribution is 2.34. The first-order valence-corrected chi connectivity index (χ1v) is 5.32. The molecule has 3 nitrogen and oxygen atoms in total. The van der Waals surface area contributed by atoms with Gasteiger partial charge in [0.2, 0.25) is 0 Å². The number of H-pyrrole nitrogens is 1. The van der Waals surface area contributed by atoms with Gasteiger partial charge in [-0.2, -0.15) is 0 Å². The van der Waals surface area contributed by atoms with Crippen LogP contribution >= 0.6 is 11.6 Å². The molecule has 0 saturated heterocycles. The molecule has 2 rings (SSSR count). The van der Waals surface area contributed by atoms with Crippen molar-refractivity contribution < 1.29 is 9.90 Å². The summed E-state index contributed by atoms with van der Waals surface area (Å²) in [5.74, 6) is -0.867. The van der Waals surface area contributed by atoms with Crippen LogP contribution in [0.4, 0.5) is 0 Å². The number of benzene rings is 1. The van der Waals surface area contributed by atoms with Gasteiger partial charge < -0.3 is 10.1 Å². The van der Waals surface area contributed by atoms with E-state index >= 15 is 0 Å². The summed E-state index contributed by atoms with van der Waals surface area (Å²) in [5, 5.41) is 10.6. The van der Waals surface area contributed by atoms with Crippen LogP contribution in [0, 0.1) is 0 Å². The number of carbonyl (C=O) groups is 1. The van der Waals surface area contributed by atoms with Crippen molar-refractivity contribution in [1.29, 1.82) is 0 Å². The molecule has 0 atom stereocenters. The van der Waals surface area contributed by atoms with Gasteiger partial charge in [-0.3, -0.25) is 4.79 Å². The molecule has 1 heterocycles. The smallest absolute Gasteiger partial charge is 0.313 e. The minimum Gasteiger partial charge on any atom is -0.481 e. The SMILES string of the molecule is CC(C)(C(=O)O)c1c[nH]c2cccc(Cl)c12. The highest BCUT2D eigenvalue weighted by atomic mass is 35.5. The molecule has 0 amide bonds. The zero-order valence-electron chi connectivity index (χ0n) is 9.04. The van der Waals surface area contributed by atoms with E-state index in [-0.39, 0.29) is 0 Å². The third-order valence-corrected chi connectivity index (χ3v) is 3.18. The van der Waals surface area contributed by atoms with Crippen molar-refractivity contribution in [3.05, 3.63) is 35.0 Å². The first kappa shape index (κ1) is 11.0. The number of carboxylic acid groups (broad SMARTS) is 1. The van der Waals surface area contributed by atoms with Crippen molar-refractivity contribution in [2.45, 2.75) is 19.3 Å². The van der Waals surface area contributed by atoms with Gasteiger partial charge in [0.1, 0.15) is 0 Å². The Morgan fingerprint density at radius 1 is 1.44 bits per heavy atom. The number of carboxylic acids is 1. The fourth-order valence-electron chi connectivity index (χ4n) is 1.75. The molecule has 0 aliphatic carbocycles. The van der Waals surface area contributed by atoms with Gasteiger partial charge in [0.25, 0.3) is 0 Å². The number of halogens is 1. The summed E-state index contributed by atoms with van der Waals surface area (Å²) in [6.45, 7) is 3.34. The molecule has 0 saturated carbocycles. The molecule has 4 heteroatoms. The minimum atomic E-state index is -0.955. The Balaban J connectivity index is 2.76.